The summed E-state index contributed by atoms with van der Waals surface area (Å²) >= 11 is 0. The van der Waals surface area contributed by atoms with Gasteiger partial charge < -0.3 is 10.2 Å². The Morgan fingerprint density at radius 2 is 2.05 bits per heavy atom. The van der Waals surface area contributed by atoms with Gasteiger partial charge in [0.1, 0.15) is 0 Å². The molecule has 1 amide bonds. The van der Waals surface area contributed by atoms with Crippen LogP contribution < -0.4 is 5.32 Å². The van der Waals surface area contributed by atoms with Crippen molar-refractivity contribution in [3.05, 3.63) is 35.9 Å². The predicted octanol–water partition coefficient (Wildman–Crippen LogP) is 3.20. The van der Waals surface area contributed by atoms with E-state index in [9.17, 15) is 4.79 Å². The van der Waals surface area contributed by atoms with E-state index < -0.39 is 0 Å². The molecule has 1 fully saturated rings. The van der Waals surface area contributed by atoms with E-state index in [2.05, 4.69) is 43.1 Å². The fourth-order valence-electron chi connectivity index (χ4n) is 3.30. The van der Waals surface area contributed by atoms with E-state index in [4.69, 9.17) is 0 Å². The molecule has 1 aromatic rings. The normalized spacial score (nSPS) is 21.7. The van der Waals surface area contributed by atoms with Crippen LogP contribution in [0.1, 0.15) is 45.6 Å². The van der Waals surface area contributed by atoms with Gasteiger partial charge in [-0.25, -0.2) is 0 Å². The number of benzene rings is 1. The van der Waals surface area contributed by atoms with Crippen LogP contribution in [0.15, 0.2) is 30.3 Å². The lowest BCUT2D eigenvalue weighted by Gasteiger charge is -2.36. The largest absolute Gasteiger partial charge is 0.335 e. The zero-order valence-electron chi connectivity index (χ0n) is 13.6. The van der Waals surface area contributed by atoms with Crippen molar-refractivity contribution in [2.75, 3.05) is 13.1 Å². The molecule has 1 aromatic carbocycles. The molecular weight excluding hydrogens is 260 g/mol. The van der Waals surface area contributed by atoms with Gasteiger partial charge in [0.2, 0.25) is 5.91 Å². The molecule has 1 heterocycles. The first-order chi connectivity index (χ1) is 10.1. The van der Waals surface area contributed by atoms with E-state index >= 15 is 0 Å². The van der Waals surface area contributed by atoms with Gasteiger partial charge in [0.15, 0.2) is 0 Å². The van der Waals surface area contributed by atoms with Gasteiger partial charge in [0.05, 0.1) is 5.41 Å². The minimum atomic E-state index is -0.187. The van der Waals surface area contributed by atoms with Crippen LogP contribution in [0.4, 0.5) is 0 Å². The second-order valence-corrected chi connectivity index (χ2v) is 6.47. The molecule has 3 heteroatoms. The number of amides is 1. The maximum absolute atomic E-state index is 13.2. The monoisotopic (exact) mass is 288 g/mol. The molecule has 2 rings (SSSR count). The van der Waals surface area contributed by atoms with Gasteiger partial charge in [0, 0.05) is 19.1 Å². The number of hydrogen-bond acceptors (Lipinski definition) is 2. The molecule has 1 N–H and O–H groups in total. The summed E-state index contributed by atoms with van der Waals surface area (Å²) < 4.78 is 0. The highest BCUT2D eigenvalue weighted by atomic mass is 16.2. The summed E-state index contributed by atoms with van der Waals surface area (Å²) in [6.07, 6.45) is 3.01. The minimum Gasteiger partial charge on any atom is -0.335 e. The van der Waals surface area contributed by atoms with Gasteiger partial charge in [-0.2, -0.15) is 0 Å². The highest BCUT2D eigenvalue weighted by molar-refractivity contribution is 5.83. The Hall–Kier alpha value is -1.35. The molecule has 3 nitrogen and oxygen atoms in total. The highest BCUT2D eigenvalue weighted by Gasteiger charge is 2.43. The topological polar surface area (TPSA) is 32.3 Å². The van der Waals surface area contributed by atoms with Crippen molar-refractivity contribution in [1.29, 1.82) is 0 Å². The Labute approximate surface area is 128 Å². The van der Waals surface area contributed by atoms with Crippen LogP contribution in [-0.4, -0.2) is 29.9 Å². The van der Waals surface area contributed by atoms with Crippen molar-refractivity contribution >= 4 is 5.91 Å². The second-order valence-electron chi connectivity index (χ2n) is 6.47. The van der Waals surface area contributed by atoms with E-state index in [0.29, 0.717) is 12.5 Å². The van der Waals surface area contributed by atoms with Crippen molar-refractivity contribution in [2.24, 2.45) is 5.41 Å². The Morgan fingerprint density at radius 1 is 1.33 bits per heavy atom. The average Bonchev–Trinajstić information content (AvgIpc) is 2.95. The minimum absolute atomic E-state index is 0.187. The first kappa shape index (κ1) is 16.0. The predicted molar refractivity (Wildman–Crippen MR) is 87.0 cm³/mol. The number of carbonyl (C=O) groups excluding carboxylic acids is 1. The fraction of sp³-hybridized carbons (Fsp3) is 0.611. The quantitative estimate of drug-likeness (QED) is 0.872. The van der Waals surface area contributed by atoms with Crippen LogP contribution >= 0.6 is 0 Å². The van der Waals surface area contributed by atoms with E-state index in [0.717, 1.165) is 32.4 Å². The van der Waals surface area contributed by atoms with E-state index in [-0.39, 0.29) is 11.5 Å². The van der Waals surface area contributed by atoms with Gasteiger partial charge in [-0.15, -0.1) is 0 Å². The Bertz CT molecular complexity index is 450. The van der Waals surface area contributed by atoms with Crippen molar-refractivity contribution in [1.82, 2.24) is 10.2 Å². The summed E-state index contributed by atoms with van der Waals surface area (Å²) in [5.74, 6) is 0.327. The first-order valence-corrected chi connectivity index (χ1v) is 8.15. The van der Waals surface area contributed by atoms with Crippen LogP contribution in [-0.2, 0) is 11.3 Å². The highest BCUT2D eigenvalue weighted by Crippen LogP contribution is 2.34. The van der Waals surface area contributed by atoms with Crippen molar-refractivity contribution in [3.63, 3.8) is 0 Å². The standard InChI is InChI=1S/C18H28N2O/c1-4-10-18(11-12-19-14-18)17(21)20(15(2)3)13-16-8-6-5-7-9-16/h5-9,15,19H,4,10-14H2,1-3H3. The van der Waals surface area contributed by atoms with Crippen molar-refractivity contribution < 1.29 is 4.79 Å². The van der Waals surface area contributed by atoms with Crippen molar-refractivity contribution in [2.45, 2.75) is 52.6 Å². The summed E-state index contributed by atoms with van der Waals surface area (Å²) in [6, 6.07) is 10.5. The number of nitrogens with zero attached hydrogens (tertiary/aromatic N) is 1. The van der Waals surface area contributed by atoms with Gasteiger partial charge in [-0.3, -0.25) is 4.79 Å². The molecule has 1 aliphatic rings. The molecule has 0 saturated carbocycles. The molecule has 0 aliphatic carbocycles. The van der Waals surface area contributed by atoms with Crippen molar-refractivity contribution in [3.8, 4) is 0 Å². The van der Waals surface area contributed by atoms with Crippen LogP contribution in [0.3, 0.4) is 0 Å². The average molecular weight is 288 g/mol. The van der Waals surface area contributed by atoms with Gasteiger partial charge in [0.25, 0.3) is 0 Å². The maximum Gasteiger partial charge on any atom is 0.230 e. The third-order valence-corrected chi connectivity index (χ3v) is 4.51. The fourth-order valence-corrected chi connectivity index (χ4v) is 3.30. The zero-order valence-corrected chi connectivity index (χ0v) is 13.6. The number of rotatable bonds is 6. The molecule has 0 bridgehead atoms. The van der Waals surface area contributed by atoms with E-state index in [1.165, 1.54) is 5.56 Å². The molecule has 1 atom stereocenters. The number of hydrogen-bond donors (Lipinski definition) is 1. The SMILES string of the molecule is CCCC1(C(=O)N(Cc2ccccc2)C(C)C)CCNC1. The Kier molecular flexibility index (Phi) is 5.40. The van der Waals surface area contributed by atoms with Crippen LogP contribution in [0.25, 0.3) is 0 Å². The number of nitrogens with one attached hydrogen (secondary N) is 1. The number of carbonyl (C=O) groups is 1. The van der Waals surface area contributed by atoms with E-state index in [1.807, 2.05) is 18.2 Å². The molecule has 1 unspecified atom stereocenters. The molecule has 1 saturated heterocycles. The molecule has 1 aliphatic heterocycles. The molecule has 21 heavy (non-hydrogen) atoms. The summed E-state index contributed by atoms with van der Waals surface area (Å²) in [4.78, 5) is 15.2. The summed E-state index contributed by atoms with van der Waals surface area (Å²) in [5, 5.41) is 3.39. The van der Waals surface area contributed by atoms with E-state index in [1.54, 1.807) is 0 Å². The lowest BCUT2D eigenvalue weighted by molar-refractivity contribution is -0.144. The molecule has 0 aromatic heterocycles. The lowest BCUT2D eigenvalue weighted by Crippen LogP contribution is -2.47. The summed E-state index contributed by atoms with van der Waals surface area (Å²) in [6.45, 7) is 8.90. The molecule has 116 valence electrons. The second kappa shape index (κ2) is 7.08. The van der Waals surface area contributed by atoms with Gasteiger partial charge in [-0.1, -0.05) is 43.7 Å². The van der Waals surface area contributed by atoms with Gasteiger partial charge >= 0.3 is 0 Å². The first-order valence-electron chi connectivity index (χ1n) is 8.15. The molecule has 0 radical (unpaired) electrons. The smallest absolute Gasteiger partial charge is 0.230 e. The molecule has 0 spiro atoms. The summed E-state index contributed by atoms with van der Waals surface area (Å²) in [7, 11) is 0. The van der Waals surface area contributed by atoms with Crippen LogP contribution in [0, 0.1) is 5.41 Å². The maximum atomic E-state index is 13.2. The summed E-state index contributed by atoms with van der Waals surface area (Å²) in [5.41, 5.74) is 1.02. The van der Waals surface area contributed by atoms with Gasteiger partial charge in [-0.05, 0) is 38.8 Å². The third kappa shape index (κ3) is 3.65. The molecular formula is C18H28N2O. The zero-order chi connectivity index (χ0) is 15.3. The van der Waals surface area contributed by atoms with Crippen LogP contribution in [0.5, 0.6) is 0 Å². The third-order valence-electron chi connectivity index (χ3n) is 4.51. The Morgan fingerprint density at radius 3 is 2.57 bits per heavy atom. The lowest BCUT2D eigenvalue weighted by atomic mass is 9.80. The Balaban J connectivity index is 2.18. The van der Waals surface area contributed by atoms with Crippen LogP contribution in [0.2, 0.25) is 0 Å².